The Bertz CT molecular complexity index is 1540. The van der Waals surface area contributed by atoms with Gasteiger partial charge in [0.2, 0.25) is 0 Å². The molecular formula is C34H41ClFN7O. The van der Waals surface area contributed by atoms with Crippen LogP contribution in [0.25, 0.3) is 10.8 Å². The Morgan fingerprint density at radius 2 is 1.93 bits per heavy atom. The molecule has 0 unspecified atom stereocenters. The third-order valence-corrected chi connectivity index (χ3v) is 9.80. The van der Waals surface area contributed by atoms with Gasteiger partial charge in [-0.2, -0.15) is 15.2 Å². The number of hydrogen-bond acceptors (Lipinski definition) is 8. The van der Waals surface area contributed by atoms with Gasteiger partial charge in [-0.15, -0.1) is 0 Å². The van der Waals surface area contributed by atoms with Crippen molar-refractivity contribution >= 4 is 33.9 Å². The van der Waals surface area contributed by atoms with Crippen LogP contribution < -0.4 is 14.5 Å². The first kappa shape index (κ1) is 30.6. The number of ether oxygens (including phenoxy) is 1. The average Bonchev–Trinajstić information content (AvgIpc) is 3.00. The van der Waals surface area contributed by atoms with Crippen molar-refractivity contribution in [3.05, 3.63) is 64.8 Å². The maximum atomic E-state index is 12.7. The Morgan fingerprint density at radius 3 is 2.68 bits per heavy atom. The largest absolute Gasteiger partial charge is 0.463 e. The quantitative estimate of drug-likeness (QED) is 0.277. The molecule has 44 heavy (non-hydrogen) atoms. The normalized spacial score (nSPS) is 22.3. The zero-order valence-electron chi connectivity index (χ0n) is 25.6. The summed E-state index contributed by atoms with van der Waals surface area (Å²) in [7, 11) is 4.26. The van der Waals surface area contributed by atoms with E-state index in [9.17, 15) is 9.65 Å². The molecule has 2 aromatic carbocycles. The van der Waals surface area contributed by atoms with Crippen LogP contribution in [0.2, 0.25) is 5.02 Å². The molecule has 0 radical (unpaired) electrons. The number of nitriles is 1. The molecule has 1 aromatic heterocycles. The number of alkyl halides is 1. The molecule has 6 rings (SSSR count). The highest BCUT2D eigenvalue weighted by molar-refractivity contribution is 6.36. The number of allylic oxidation sites excluding steroid dienone is 1. The van der Waals surface area contributed by atoms with E-state index in [2.05, 4.69) is 64.0 Å². The van der Waals surface area contributed by atoms with Gasteiger partial charge in [0.15, 0.2) is 0 Å². The summed E-state index contributed by atoms with van der Waals surface area (Å²) < 4.78 is 19.1. The fraction of sp³-hybridized carbons (Fsp3) is 0.500. The van der Waals surface area contributed by atoms with Crippen LogP contribution in [0.3, 0.4) is 0 Å². The van der Waals surface area contributed by atoms with Crippen LogP contribution in [-0.2, 0) is 13.0 Å². The molecule has 1 saturated heterocycles. The lowest BCUT2D eigenvalue weighted by Gasteiger charge is -2.42. The van der Waals surface area contributed by atoms with Gasteiger partial charge >= 0.3 is 6.01 Å². The van der Waals surface area contributed by atoms with E-state index in [4.69, 9.17) is 26.3 Å². The van der Waals surface area contributed by atoms with Crippen LogP contribution in [0, 0.1) is 17.2 Å². The van der Waals surface area contributed by atoms with Crippen LogP contribution in [0.5, 0.6) is 6.01 Å². The highest BCUT2D eigenvalue weighted by atomic mass is 35.5. The third kappa shape index (κ3) is 6.35. The van der Waals surface area contributed by atoms with Crippen molar-refractivity contribution < 1.29 is 9.13 Å². The predicted octanol–water partition coefficient (Wildman–Crippen LogP) is 5.49. The van der Waals surface area contributed by atoms with Crippen molar-refractivity contribution in [2.45, 2.75) is 44.3 Å². The summed E-state index contributed by atoms with van der Waals surface area (Å²) in [6.45, 7) is 4.41. The number of fused-ring (bicyclic) bond motifs is 2. The smallest absolute Gasteiger partial charge is 0.318 e. The van der Waals surface area contributed by atoms with E-state index in [0.29, 0.717) is 50.6 Å². The Kier molecular flexibility index (Phi) is 9.50. The Balaban J connectivity index is 1.30. The molecule has 2 aliphatic heterocycles. The van der Waals surface area contributed by atoms with Gasteiger partial charge < -0.3 is 19.4 Å². The number of piperazine rings is 1. The Morgan fingerprint density at radius 1 is 1.09 bits per heavy atom. The van der Waals surface area contributed by atoms with Crippen LogP contribution in [0.1, 0.15) is 30.5 Å². The van der Waals surface area contributed by atoms with Crippen LogP contribution in [-0.4, -0.2) is 92.0 Å². The zero-order valence-corrected chi connectivity index (χ0v) is 26.4. The number of nitrogens with zero attached hydrogens (tertiary/aromatic N) is 7. The molecule has 3 aliphatic rings. The van der Waals surface area contributed by atoms with Gasteiger partial charge in [0, 0.05) is 67.4 Å². The fourth-order valence-electron chi connectivity index (χ4n) is 6.96. The molecule has 1 aliphatic carbocycles. The second-order valence-electron chi connectivity index (χ2n) is 12.3. The SMILES string of the molecule is CN(C)[C@@H]1CC[C@H]1COc1nc2c(c(N3CCN(C/C=C/CF)[C@@H](CC#N)C3)n1)CCN(c1cccc3cccc(Cl)c13)C2. The summed E-state index contributed by atoms with van der Waals surface area (Å²) >= 11 is 6.72. The molecule has 232 valence electrons. The van der Waals surface area contributed by atoms with Crippen molar-refractivity contribution in [2.75, 3.05) is 69.9 Å². The van der Waals surface area contributed by atoms with Gasteiger partial charge in [0.05, 0.1) is 36.4 Å². The molecule has 3 atom stereocenters. The van der Waals surface area contributed by atoms with E-state index in [1.54, 1.807) is 0 Å². The molecular weight excluding hydrogens is 577 g/mol. The molecule has 0 N–H and O–H groups in total. The lowest BCUT2D eigenvalue weighted by molar-refractivity contribution is 0.0610. The second kappa shape index (κ2) is 13.7. The molecule has 1 saturated carbocycles. The van der Waals surface area contributed by atoms with E-state index in [1.807, 2.05) is 18.2 Å². The molecule has 3 heterocycles. The maximum absolute atomic E-state index is 12.7. The fourth-order valence-corrected chi connectivity index (χ4v) is 7.24. The van der Waals surface area contributed by atoms with Gasteiger partial charge in [-0.25, -0.2) is 4.39 Å². The van der Waals surface area contributed by atoms with Crippen LogP contribution in [0.15, 0.2) is 48.6 Å². The predicted molar refractivity (Wildman–Crippen MR) is 174 cm³/mol. The van der Waals surface area contributed by atoms with Crippen LogP contribution in [0.4, 0.5) is 15.9 Å². The van der Waals surface area contributed by atoms with Crippen molar-refractivity contribution in [1.29, 1.82) is 5.26 Å². The number of rotatable bonds is 10. The standard InChI is InChI=1S/C34H41ClFN7O/c1-40(2)30-12-11-25(30)23-44-34-38-29-22-42(31-10-6-8-24-7-5-9-28(35)32(24)31)18-14-27(29)33(39-34)43-20-19-41(17-4-3-15-36)26(21-43)13-16-37/h3-10,25-26,30H,11-15,17-23H2,1-2H3/b4-3+/t25-,26-,30+/m0/s1. The minimum atomic E-state index is -0.475. The maximum Gasteiger partial charge on any atom is 0.318 e. The highest BCUT2D eigenvalue weighted by Crippen LogP contribution is 2.38. The van der Waals surface area contributed by atoms with Crippen LogP contribution >= 0.6 is 11.6 Å². The second-order valence-corrected chi connectivity index (χ2v) is 12.7. The minimum Gasteiger partial charge on any atom is -0.463 e. The molecule has 0 amide bonds. The van der Waals surface area contributed by atoms with Gasteiger partial charge in [-0.1, -0.05) is 48.0 Å². The summed E-state index contributed by atoms with van der Waals surface area (Å²) in [6, 6.07) is 15.7. The van der Waals surface area contributed by atoms with Gasteiger partial charge in [-0.3, -0.25) is 4.90 Å². The lowest BCUT2D eigenvalue weighted by Crippen LogP contribution is -2.53. The van der Waals surface area contributed by atoms with Crippen molar-refractivity contribution in [3.63, 3.8) is 0 Å². The van der Waals surface area contributed by atoms with E-state index in [-0.39, 0.29) is 6.04 Å². The number of aromatic nitrogens is 2. The number of benzene rings is 2. The Hall–Kier alpha value is -3.45. The molecule has 0 bridgehead atoms. The van der Waals surface area contributed by atoms with Crippen molar-refractivity contribution in [2.24, 2.45) is 5.92 Å². The third-order valence-electron chi connectivity index (χ3n) is 9.49. The minimum absolute atomic E-state index is 0.0294. The molecule has 3 aromatic rings. The van der Waals surface area contributed by atoms with Crippen molar-refractivity contribution in [1.82, 2.24) is 19.8 Å². The van der Waals surface area contributed by atoms with E-state index >= 15 is 0 Å². The Labute approximate surface area is 264 Å². The van der Waals surface area contributed by atoms with Crippen molar-refractivity contribution in [3.8, 4) is 12.1 Å². The summed E-state index contributed by atoms with van der Waals surface area (Å²) in [5.41, 5.74) is 3.23. The lowest BCUT2D eigenvalue weighted by atomic mass is 9.79. The van der Waals surface area contributed by atoms with E-state index in [0.717, 1.165) is 71.0 Å². The first-order chi connectivity index (χ1) is 21.5. The number of halogens is 2. The zero-order chi connectivity index (χ0) is 30.6. The molecule has 0 spiro atoms. The van der Waals surface area contributed by atoms with Gasteiger partial charge in [0.25, 0.3) is 0 Å². The first-order valence-corrected chi connectivity index (χ1v) is 16.0. The summed E-state index contributed by atoms with van der Waals surface area (Å²) in [6.07, 6.45) is 6.92. The van der Waals surface area contributed by atoms with Gasteiger partial charge in [-0.05, 0) is 50.9 Å². The molecule has 2 fully saturated rings. The first-order valence-electron chi connectivity index (χ1n) is 15.6. The monoisotopic (exact) mass is 617 g/mol. The average molecular weight is 618 g/mol. The topological polar surface area (TPSA) is 71.8 Å². The highest BCUT2D eigenvalue weighted by Gasteiger charge is 2.35. The number of hydrogen-bond donors (Lipinski definition) is 0. The van der Waals surface area contributed by atoms with E-state index in [1.165, 1.54) is 12.5 Å². The van der Waals surface area contributed by atoms with E-state index < -0.39 is 6.67 Å². The summed E-state index contributed by atoms with van der Waals surface area (Å²) in [5, 5.41) is 12.5. The molecule has 10 heteroatoms. The number of anilines is 2. The van der Waals surface area contributed by atoms with Gasteiger partial charge in [0.1, 0.15) is 12.5 Å². The summed E-state index contributed by atoms with van der Waals surface area (Å²) in [4.78, 5) is 19.3. The molecule has 8 nitrogen and oxygen atoms in total. The summed E-state index contributed by atoms with van der Waals surface area (Å²) in [5.74, 6) is 1.38.